The minimum absolute atomic E-state index is 0.111. The number of imidazole rings is 1. The maximum absolute atomic E-state index is 6.41. The van der Waals surface area contributed by atoms with Crippen LogP contribution >= 0.6 is 23.2 Å². The van der Waals surface area contributed by atoms with Crippen molar-refractivity contribution < 1.29 is 0 Å². The number of hydrogen-bond donors (Lipinski definition) is 0. The Labute approximate surface area is 135 Å². The zero-order chi connectivity index (χ0) is 15.0. The first-order chi connectivity index (χ1) is 10.1. The van der Waals surface area contributed by atoms with Gasteiger partial charge in [0.25, 0.3) is 0 Å². The number of nitrogens with zero attached hydrogens (tertiary/aromatic N) is 3. The van der Waals surface area contributed by atoms with Crippen LogP contribution in [0.25, 0.3) is 11.0 Å². The van der Waals surface area contributed by atoms with E-state index in [4.69, 9.17) is 23.2 Å². The Hall–Kier alpha value is -0.770. The van der Waals surface area contributed by atoms with Crippen molar-refractivity contribution in [3.63, 3.8) is 0 Å². The van der Waals surface area contributed by atoms with Gasteiger partial charge in [0.2, 0.25) is 0 Å². The predicted molar refractivity (Wildman–Crippen MR) is 89.2 cm³/mol. The smallest absolute Gasteiger partial charge is 0.127 e. The van der Waals surface area contributed by atoms with Crippen molar-refractivity contribution in [3.05, 3.63) is 29.0 Å². The molecule has 1 atom stereocenters. The van der Waals surface area contributed by atoms with Gasteiger partial charge in [-0.1, -0.05) is 17.7 Å². The third-order valence-electron chi connectivity index (χ3n) is 4.38. The van der Waals surface area contributed by atoms with E-state index in [9.17, 15) is 0 Å². The van der Waals surface area contributed by atoms with Crippen molar-refractivity contribution in [1.82, 2.24) is 14.5 Å². The molecule has 114 valence electrons. The van der Waals surface area contributed by atoms with Gasteiger partial charge in [-0.15, -0.1) is 11.6 Å². The monoisotopic (exact) mass is 325 g/mol. The fourth-order valence-electron chi connectivity index (χ4n) is 3.15. The number of benzene rings is 1. The van der Waals surface area contributed by atoms with Crippen molar-refractivity contribution in [2.45, 2.75) is 31.7 Å². The summed E-state index contributed by atoms with van der Waals surface area (Å²) in [5.41, 5.74) is 1.97. The number of likely N-dealkylation sites (tertiary alicyclic amines) is 1. The lowest BCUT2D eigenvalue weighted by atomic mass is 9.97. The largest absolute Gasteiger partial charge is 0.325 e. The van der Waals surface area contributed by atoms with Gasteiger partial charge in [-0.05, 0) is 58.0 Å². The second-order valence-corrected chi connectivity index (χ2v) is 7.11. The summed E-state index contributed by atoms with van der Waals surface area (Å²) in [5.74, 6) is 1.60. The molecule has 0 amide bonds. The van der Waals surface area contributed by atoms with E-state index in [-0.39, 0.29) is 5.38 Å². The number of piperidine rings is 1. The number of fused-ring (bicyclic) bond motifs is 1. The van der Waals surface area contributed by atoms with Crippen molar-refractivity contribution in [3.8, 4) is 0 Å². The van der Waals surface area contributed by atoms with Gasteiger partial charge in [0.05, 0.1) is 21.4 Å². The first kappa shape index (κ1) is 15.1. The van der Waals surface area contributed by atoms with Crippen LogP contribution in [0.2, 0.25) is 5.02 Å². The van der Waals surface area contributed by atoms with Gasteiger partial charge >= 0.3 is 0 Å². The molecule has 21 heavy (non-hydrogen) atoms. The van der Waals surface area contributed by atoms with Gasteiger partial charge in [-0.2, -0.15) is 0 Å². The Morgan fingerprint density at radius 1 is 1.33 bits per heavy atom. The lowest BCUT2D eigenvalue weighted by molar-refractivity contribution is 0.205. The van der Waals surface area contributed by atoms with Crippen molar-refractivity contribution in [1.29, 1.82) is 0 Å². The highest BCUT2D eigenvalue weighted by Crippen LogP contribution is 2.31. The third kappa shape index (κ3) is 3.05. The molecular formula is C16H21Cl2N3. The number of rotatable bonds is 3. The molecule has 5 heteroatoms. The molecule has 1 aliphatic rings. The van der Waals surface area contributed by atoms with E-state index in [2.05, 4.69) is 21.5 Å². The molecule has 1 fully saturated rings. The van der Waals surface area contributed by atoms with E-state index >= 15 is 0 Å². The minimum atomic E-state index is -0.111. The molecular weight excluding hydrogens is 305 g/mol. The molecule has 3 rings (SSSR count). The molecule has 3 nitrogen and oxygen atoms in total. The van der Waals surface area contributed by atoms with Gasteiger partial charge in [0.15, 0.2) is 0 Å². The standard InChI is InChI=1S/C16H21Cl2N3/c1-11(17)16-19-14-5-3-4-13(18)15(14)21(16)10-12-6-8-20(2)9-7-12/h3-5,11-12H,6-10H2,1-2H3. The second kappa shape index (κ2) is 6.15. The summed E-state index contributed by atoms with van der Waals surface area (Å²) in [6, 6.07) is 5.88. The molecule has 0 aliphatic carbocycles. The molecule has 2 aromatic rings. The number of alkyl halides is 1. The summed E-state index contributed by atoms with van der Waals surface area (Å²) < 4.78 is 2.24. The first-order valence-corrected chi connectivity index (χ1v) is 8.35. The van der Waals surface area contributed by atoms with Crippen molar-refractivity contribution in [2.24, 2.45) is 5.92 Å². The second-order valence-electron chi connectivity index (χ2n) is 6.05. The number of para-hydroxylation sites is 1. The van der Waals surface area contributed by atoms with E-state index in [1.54, 1.807) is 0 Å². The van der Waals surface area contributed by atoms with E-state index in [1.165, 1.54) is 12.8 Å². The van der Waals surface area contributed by atoms with Crippen LogP contribution < -0.4 is 0 Å². The maximum Gasteiger partial charge on any atom is 0.127 e. The van der Waals surface area contributed by atoms with Gasteiger partial charge in [-0.25, -0.2) is 4.98 Å². The van der Waals surface area contributed by atoms with Crippen molar-refractivity contribution in [2.75, 3.05) is 20.1 Å². The number of hydrogen-bond acceptors (Lipinski definition) is 2. The molecule has 0 saturated carbocycles. The van der Waals surface area contributed by atoms with E-state index in [0.29, 0.717) is 5.92 Å². The number of halogens is 2. The van der Waals surface area contributed by atoms with Crippen LogP contribution in [-0.2, 0) is 6.54 Å². The molecule has 2 heterocycles. The highest BCUT2D eigenvalue weighted by atomic mass is 35.5. The molecule has 1 saturated heterocycles. The Morgan fingerprint density at radius 2 is 2.05 bits per heavy atom. The van der Waals surface area contributed by atoms with Crippen LogP contribution in [-0.4, -0.2) is 34.6 Å². The average molecular weight is 326 g/mol. The molecule has 0 radical (unpaired) electrons. The summed E-state index contributed by atoms with van der Waals surface area (Å²) in [6.07, 6.45) is 2.44. The van der Waals surface area contributed by atoms with Gasteiger partial charge < -0.3 is 9.47 Å². The Kier molecular flexibility index (Phi) is 4.43. The molecule has 0 spiro atoms. The van der Waals surface area contributed by atoms with Crippen molar-refractivity contribution >= 4 is 34.2 Å². The fraction of sp³-hybridized carbons (Fsp3) is 0.562. The van der Waals surface area contributed by atoms with Gasteiger partial charge in [0.1, 0.15) is 5.82 Å². The average Bonchev–Trinajstić information content (AvgIpc) is 2.82. The quantitative estimate of drug-likeness (QED) is 0.783. The zero-order valence-corrected chi connectivity index (χ0v) is 14.0. The van der Waals surface area contributed by atoms with Crippen LogP contribution in [0.15, 0.2) is 18.2 Å². The Balaban J connectivity index is 1.97. The summed E-state index contributed by atoms with van der Waals surface area (Å²) in [4.78, 5) is 7.08. The topological polar surface area (TPSA) is 21.1 Å². The SMILES string of the molecule is CC(Cl)c1nc2cccc(Cl)c2n1CC1CCN(C)CC1. The van der Waals surface area contributed by atoms with E-state index in [1.807, 2.05) is 25.1 Å². The molecule has 1 aromatic carbocycles. The Morgan fingerprint density at radius 3 is 2.71 bits per heavy atom. The molecule has 1 aromatic heterocycles. The summed E-state index contributed by atoms with van der Waals surface area (Å²) in [6.45, 7) is 5.26. The van der Waals surface area contributed by atoms with Gasteiger partial charge in [0, 0.05) is 6.54 Å². The van der Waals surface area contributed by atoms with Crippen LogP contribution in [0.4, 0.5) is 0 Å². The van der Waals surface area contributed by atoms with Crippen LogP contribution in [0.5, 0.6) is 0 Å². The van der Waals surface area contributed by atoms with Crippen LogP contribution in [0.3, 0.4) is 0 Å². The van der Waals surface area contributed by atoms with Crippen LogP contribution in [0, 0.1) is 5.92 Å². The normalized spacial score (nSPS) is 19.2. The fourth-order valence-corrected chi connectivity index (χ4v) is 3.59. The third-order valence-corrected chi connectivity index (χ3v) is 4.88. The highest BCUT2D eigenvalue weighted by molar-refractivity contribution is 6.35. The summed E-state index contributed by atoms with van der Waals surface area (Å²) in [5, 5.41) is 0.649. The first-order valence-electron chi connectivity index (χ1n) is 7.53. The van der Waals surface area contributed by atoms with E-state index in [0.717, 1.165) is 41.5 Å². The molecule has 1 aliphatic heterocycles. The Bertz CT molecular complexity index is 628. The minimum Gasteiger partial charge on any atom is -0.325 e. The highest BCUT2D eigenvalue weighted by Gasteiger charge is 2.22. The summed E-state index contributed by atoms with van der Waals surface area (Å²) in [7, 11) is 2.19. The van der Waals surface area contributed by atoms with Gasteiger partial charge in [-0.3, -0.25) is 0 Å². The number of aromatic nitrogens is 2. The van der Waals surface area contributed by atoms with Crippen LogP contribution in [0.1, 0.15) is 31.0 Å². The zero-order valence-electron chi connectivity index (χ0n) is 12.5. The maximum atomic E-state index is 6.41. The predicted octanol–water partition coefficient (Wildman–Crippen LogP) is 4.33. The lowest BCUT2D eigenvalue weighted by Gasteiger charge is -2.29. The molecule has 0 bridgehead atoms. The lowest BCUT2D eigenvalue weighted by Crippen LogP contribution is -2.32. The molecule has 0 N–H and O–H groups in total. The van der Waals surface area contributed by atoms with E-state index < -0.39 is 0 Å². The summed E-state index contributed by atoms with van der Waals surface area (Å²) >= 11 is 12.7. The molecule has 1 unspecified atom stereocenters.